The van der Waals surface area contributed by atoms with Gasteiger partial charge in [-0.2, -0.15) is 0 Å². The molecule has 0 aromatic rings. The van der Waals surface area contributed by atoms with Gasteiger partial charge < -0.3 is 15.2 Å². The predicted octanol–water partition coefficient (Wildman–Crippen LogP) is 9.03. The highest BCUT2D eigenvalue weighted by atomic mass is 16.6. The number of hydrogen-bond donors (Lipinski definition) is 1. The van der Waals surface area contributed by atoms with Gasteiger partial charge in [0.15, 0.2) is 0 Å². The fourth-order valence-electron chi connectivity index (χ4n) is 4.94. The highest BCUT2D eigenvalue weighted by Crippen LogP contribution is 2.14. The lowest BCUT2D eigenvalue weighted by Gasteiger charge is -2.10. The number of ether oxygens (including phenoxy) is 2. The van der Waals surface area contributed by atoms with Gasteiger partial charge in [-0.1, -0.05) is 155 Å². The summed E-state index contributed by atoms with van der Waals surface area (Å²) in [4.78, 5) is 47.8. The first-order chi connectivity index (χ1) is 19.9. The highest BCUT2D eigenvalue weighted by Gasteiger charge is 2.23. The summed E-state index contributed by atoms with van der Waals surface area (Å²) < 4.78 is 9.55. The number of rotatable bonds is 29. The smallest absolute Gasteiger partial charge is 0.331 e. The Kier molecular flexibility index (Phi) is 28.4. The van der Waals surface area contributed by atoms with Gasteiger partial charge in [0.05, 0.1) is 6.42 Å². The van der Waals surface area contributed by atoms with Crippen molar-refractivity contribution in [3.05, 3.63) is 0 Å². The largest absolute Gasteiger partial charge is 0.393 e. The fourth-order valence-corrected chi connectivity index (χ4v) is 4.94. The lowest BCUT2D eigenvalue weighted by atomic mass is 10.0. The summed E-state index contributed by atoms with van der Waals surface area (Å²) in [6, 6.07) is -1.33. The predicted molar refractivity (Wildman–Crippen MR) is 166 cm³/mol. The summed E-state index contributed by atoms with van der Waals surface area (Å²) >= 11 is 0. The highest BCUT2D eigenvalue weighted by molar-refractivity contribution is 5.92. The van der Waals surface area contributed by atoms with Crippen molar-refractivity contribution in [3.8, 4) is 0 Å². The van der Waals surface area contributed by atoms with Crippen LogP contribution in [-0.2, 0) is 28.7 Å². The third-order valence-electron chi connectivity index (χ3n) is 7.60. The molecule has 0 amide bonds. The molecule has 41 heavy (non-hydrogen) atoms. The molecule has 7 heteroatoms. The topological polar surface area (TPSA) is 113 Å². The number of esters is 4. The molecule has 7 nitrogen and oxygen atoms in total. The zero-order valence-corrected chi connectivity index (χ0v) is 26.7. The van der Waals surface area contributed by atoms with Crippen LogP contribution in [0.1, 0.15) is 187 Å². The Morgan fingerprint density at radius 2 is 0.732 bits per heavy atom. The molecule has 0 radical (unpaired) electrons. The number of carbonyl (C=O) groups is 4. The molecule has 0 saturated carbocycles. The Labute approximate surface area is 251 Å². The molecule has 0 fully saturated rings. The molecule has 0 bridgehead atoms. The second-order valence-corrected chi connectivity index (χ2v) is 11.7. The average molecular weight is 582 g/mol. The van der Waals surface area contributed by atoms with E-state index in [0.717, 1.165) is 38.5 Å². The Morgan fingerprint density at radius 3 is 1.07 bits per heavy atom. The van der Waals surface area contributed by atoms with Crippen LogP contribution >= 0.6 is 0 Å². The second-order valence-electron chi connectivity index (χ2n) is 11.7. The minimum Gasteiger partial charge on any atom is -0.393 e. The maximum Gasteiger partial charge on any atom is 0.331 e. The molecule has 240 valence electrons. The molecular weight excluding hydrogens is 518 g/mol. The van der Waals surface area contributed by atoms with Gasteiger partial charge in [-0.15, -0.1) is 0 Å². The number of hydrogen-bond acceptors (Lipinski definition) is 7. The van der Waals surface area contributed by atoms with Gasteiger partial charge in [-0.05, 0) is 12.8 Å². The Balaban J connectivity index is 3.68. The van der Waals surface area contributed by atoms with E-state index >= 15 is 0 Å². The zero-order chi connectivity index (χ0) is 30.4. The lowest BCUT2D eigenvalue weighted by molar-refractivity contribution is -0.166. The second kappa shape index (κ2) is 29.7. The van der Waals surface area contributed by atoms with E-state index in [9.17, 15) is 19.2 Å². The molecule has 1 atom stereocenters. The van der Waals surface area contributed by atoms with Crippen molar-refractivity contribution in [1.82, 2.24) is 0 Å². The SMILES string of the molecule is CCCCCCCCCCCCCCC(=O)OC(=O)CC(N)C(=O)OC(=O)CCCCCCCCCCCCCC. The van der Waals surface area contributed by atoms with Gasteiger partial charge in [0.1, 0.15) is 6.04 Å². The van der Waals surface area contributed by atoms with Gasteiger partial charge in [0, 0.05) is 12.8 Å². The van der Waals surface area contributed by atoms with Gasteiger partial charge in [-0.3, -0.25) is 14.4 Å². The number of nitrogens with two attached hydrogens (primary N) is 1. The van der Waals surface area contributed by atoms with E-state index < -0.39 is 36.3 Å². The van der Waals surface area contributed by atoms with E-state index in [-0.39, 0.29) is 12.8 Å². The van der Waals surface area contributed by atoms with Gasteiger partial charge in [-0.25, -0.2) is 4.79 Å². The van der Waals surface area contributed by atoms with E-state index in [4.69, 9.17) is 15.2 Å². The van der Waals surface area contributed by atoms with Crippen LogP contribution in [0.4, 0.5) is 0 Å². The first-order valence-electron chi connectivity index (χ1n) is 17.1. The van der Waals surface area contributed by atoms with Crippen LogP contribution in [0, 0.1) is 0 Å². The van der Waals surface area contributed by atoms with Gasteiger partial charge in [0.2, 0.25) is 0 Å². The quantitative estimate of drug-likeness (QED) is 0.0532. The van der Waals surface area contributed by atoms with E-state index in [0.29, 0.717) is 12.8 Å². The van der Waals surface area contributed by atoms with Crippen LogP contribution in [0.15, 0.2) is 0 Å². The van der Waals surface area contributed by atoms with Crippen LogP contribution in [0.25, 0.3) is 0 Å². The molecule has 0 aliphatic carbocycles. The molecule has 2 N–H and O–H groups in total. The maximum absolute atomic E-state index is 12.0. The van der Waals surface area contributed by atoms with Crippen molar-refractivity contribution < 1.29 is 28.7 Å². The average Bonchev–Trinajstić information content (AvgIpc) is 2.94. The molecule has 0 aromatic carbocycles. The van der Waals surface area contributed by atoms with Crippen LogP contribution < -0.4 is 5.73 Å². The molecular formula is C34H63NO6. The molecule has 0 aliphatic heterocycles. The summed E-state index contributed by atoms with van der Waals surface area (Å²) in [6.45, 7) is 4.47. The Morgan fingerprint density at radius 1 is 0.439 bits per heavy atom. The monoisotopic (exact) mass is 581 g/mol. The molecule has 0 saturated heterocycles. The molecule has 0 rings (SSSR count). The minimum absolute atomic E-state index is 0.151. The number of carbonyl (C=O) groups excluding carboxylic acids is 4. The van der Waals surface area contributed by atoms with E-state index in [1.807, 2.05) is 0 Å². The summed E-state index contributed by atoms with van der Waals surface area (Å²) in [5.41, 5.74) is 5.69. The molecule has 0 spiro atoms. The van der Waals surface area contributed by atoms with Gasteiger partial charge >= 0.3 is 23.9 Å². The van der Waals surface area contributed by atoms with Crippen molar-refractivity contribution in [3.63, 3.8) is 0 Å². The van der Waals surface area contributed by atoms with Crippen molar-refractivity contribution in [2.45, 2.75) is 193 Å². The van der Waals surface area contributed by atoms with Crippen molar-refractivity contribution in [1.29, 1.82) is 0 Å². The third kappa shape index (κ3) is 28.1. The van der Waals surface area contributed by atoms with Crippen LogP contribution in [0.3, 0.4) is 0 Å². The fraction of sp³-hybridized carbons (Fsp3) is 0.882. The summed E-state index contributed by atoms with van der Waals surface area (Å²) in [7, 11) is 0. The first-order valence-corrected chi connectivity index (χ1v) is 17.1. The summed E-state index contributed by atoms with van der Waals surface area (Å²) in [5.74, 6) is -3.06. The standard InChI is InChI=1S/C34H63NO6/c1-3-5-7-9-11-13-15-17-19-21-23-25-27-31(36)40-33(38)29-30(35)34(39)41-32(37)28-26-24-22-20-18-16-14-12-10-8-6-4-2/h30H,3-29,35H2,1-2H3. The third-order valence-corrected chi connectivity index (χ3v) is 7.60. The zero-order valence-electron chi connectivity index (χ0n) is 26.7. The molecule has 0 heterocycles. The van der Waals surface area contributed by atoms with E-state index in [1.165, 1.54) is 103 Å². The van der Waals surface area contributed by atoms with Crippen molar-refractivity contribution in [2.75, 3.05) is 0 Å². The van der Waals surface area contributed by atoms with Crippen LogP contribution in [0.5, 0.6) is 0 Å². The lowest BCUT2D eigenvalue weighted by Crippen LogP contribution is -2.36. The Bertz CT molecular complexity index is 666. The van der Waals surface area contributed by atoms with Crippen molar-refractivity contribution >= 4 is 23.9 Å². The summed E-state index contributed by atoms with van der Waals surface area (Å²) in [6.07, 6.45) is 28.4. The maximum atomic E-state index is 12.0. The number of unbranched alkanes of at least 4 members (excludes halogenated alkanes) is 22. The first kappa shape index (κ1) is 39.2. The molecule has 0 aliphatic rings. The van der Waals surface area contributed by atoms with Gasteiger partial charge in [0.25, 0.3) is 0 Å². The van der Waals surface area contributed by atoms with E-state index in [2.05, 4.69) is 13.8 Å². The normalized spacial score (nSPS) is 11.8. The van der Waals surface area contributed by atoms with Crippen LogP contribution in [0.2, 0.25) is 0 Å². The van der Waals surface area contributed by atoms with Crippen molar-refractivity contribution in [2.24, 2.45) is 5.73 Å². The molecule has 1 unspecified atom stereocenters. The Hall–Kier alpha value is -1.76. The minimum atomic E-state index is -1.33. The summed E-state index contributed by atoms with van der Waals surface area (Å²) in [5, 5.41) is 0. The van der Waals surface area contributed by atoms with E-state index in [1.54, 1.807) is 0 Å². The van der Waals surface area contributed by atoms with Crippen LogP contribution in [-0.4, -0.2) is 29.9 Å². The molecule has 0 aromatic heterocycles.